The zero-order valence-electron chi connectivity index (χ0n) is 13.2. The predicted molar refractivity (Wildman–Crippen MR) is 87.3 cm³/mol. The number of carbonyl (C=O) groups excluding carboxylic acids is 1. The van der Waals surface area contributed by atoms with Crippen molar-refractivity contribution in [3.05, 3.63) is 22.4 Å². The highest BCUT2D eigenvalue weighted by Crippen LogP contribution is 2.39. The van der Waals surface area contributed by atoms with Gasteiger partial charge < -0.3 is 4.90 Å². The molecule has 3 rings (SSSR count). The number of hydrogen-bond donors (Lipinski definition) is 0. The van der Waals surface area contributed by atoms with E-state index in [-0.39, 0.29) is 5.54 Å². The van der Waals surface area contributed by atoms with Crippen LogP contribution in [0.2, 0.25) is 0 Å². The molecule has 1 aromatic heterocycles. The van der Waals surface area contributed by atoms with Gasteiger partial charge in [0.25, 0.3) is 0 Å². The zero-order chi connectivity index (χ0) is 14.9. The van der Waals surface area contributed by atoms with Gasteiger partial charge in [0.1, 0.15) is 0 Å². The van der Waals surface area contributed by atoms with Gasteiger partial charge in [-0.1, -0.05) is 13.8 Å². The van der Waals surface area contributed by atoms with Crippen molar-refractivity contribution in [2.45, 2.75) is 51.6 Å². The van der Waals surface area contributed by atoms with Crippen molar-refractivity contribution in [1.82, 2.24) is 9.80 Å². The largest absolute Gasteiger partial charge is 0.337 e. The summed E-state index contributed by atoms with van der Waals surface area (Å²) in [5, 5.41) is 4.40. The highest BCUT2D eigenvalue weighted by molar-refractivity contribution is 7.07. The zero-order valence-corrected chi connectivity index (χ0v) is 14.0. The van der Waals surface area contributed by atoms with Crippen molar-refractivity contribution in [2.24, 2.45) is 5.92 Å². The fourth-order valence-corrected chi connectivity index (χ4v) is 4.48. The highest BCUT2D eigenvalue weighted by Gasteiger charge is 2.46. The van der Waals surface area contributed by atoms with E-state index < -0.39 is 0 Å². The Hall–Kier alpha value is -0.870. The number of hydrogen-bond acceptors (Lipinski definition) is 3. The Morgan fingerprint density at radius 3 is 2.67 bits per heavy atom. The smallest absolute Gasteiger partial charge is 0.223 e. The third-order valence-corrected chi connectivity index (χ3v) is 5.73. The van der Waals surface area contributed by atoms with Gasteiger partial charge in [-0.3, -0.25) is 9.69 Å². The maximum absolute atomic E-state index is 12.2. The van der Waals surface area contributed by atoms with E-state index >= 15 is 0 Å². The first-order valence-corrected chi connectivity index (χ1v) is 9.07. The Morgan fingerprint density at radius 2 is 2.05 bits per heavy atom. The molecular formula is C17H26N2OS. The second-order valence-electron chi connectivity index (χ2n) is 7.03. The van der Waals surface area contributed by atoms with E-state index in [0.717, 1.165) is 51.9 Å². The van der Waals surface area contributed by atoms with Crippen LogP contribution in [-0.2, 0) is 11.3 Å². The summed E-state index contributed by atoms with van der Waals surface area (Å²) < 4.78 is 0. The maximum atomic E-state index is 12.2. The van der Waals surface area contributed by atoms with Crippen molar-refractivity contribution in [1.29, 1.82) is 0 Å². The fourth-order valence-electron chi connectivity index (χ4n) is 3.82. The first kappa shape index (κ1) is 15.0. The number of carbonyl (C=O) groups is 1. The van der Waals surface area contributed by atoms with E-state index in [0.29, 0.717) is 11.8 Å². The van der Waals surface area contributed by atoms with E-state index in [2.05, 4.69) is 40.5 Å². The molecule has 0 atom stereocenters. The summed E-state index contributed by atoms with van der Waals surface area (Å²) in [4.78, 5) is 17.0. The molecule has 2 saturated heterocycles. The average molecular weight is 306 g/mol. The number of likely N-dealkylation sites (tertiary alicyclic amines) is 2. The molecule has 2 aliphatic rings. The minimum atomic E-state index is 0.173. The summed E-state index contributed by atoms with van der Waals surface area (Å²) in [6.07, 6.45) is 4.13. The molecule has 116 valence electrons. The van der Waals surface area contributed by atoms with Crippen molar-refractivity contribution in [2.75, 3.05) is 19.6 Å². The van der Waals surface area contributed by atoms with Gasteiger partial charge in [-0.15, -0.1) is 0 Å². The minimum Gasteiger partial charge on any atom is -0.337 e. The summed E-state index contributed by atoms with van der Waals surface area (Å²) in [6.45, 7) is 8.67. The molecule has 0 radical (unpaired) electrons. The van der Waals surface area contributed by atoms with Gasteiger partial charge in [-0.05, 0) is 47.6 Å². The lowest BCUT2D eigenvalue weighted by molar-refractivity contribution is -0.133. The van der Waals surface area contributed by atoms with Crippen LogP contribution in [0.25, 0.3) is 0 Å². The van der Waals surface area contributed by atoms with Crippen LogP contribution in [0.3, 0.4) is 0 Å². The molecular weight excluding hydrogens is 280 g/mol. The van der Waals surface area contributed by atoms with Crippen LogP contribution < -0.4 is 0 Å². The lowest BCUT2D eigenvalue weighted by Crippen LogP contribution is -2.53. The molecule has 0 saturated carbocycles. The second kappa shape index (κ2) is 6.09. The minimum absolute atomic E-state index is 0.173. The molecule has 0 aliphatic carbocycles. The topological polar surface area (TPSA) is 23.6 Å². The van der Waals surface area contributed by atoms with Crippen LogP contribution >= 0.6 is 11.3 Å². The SMILES string of the molecule is CC(C)CN1C(=O)CCC12CCN(Cc1ccsc1)CC2. The Balaban J connectivity index is 1.62. The van der Waals surface area contributed by atoms with Crippen LogP contribution in [0.5, 0.6) is 0 Å². The standard InChI is InChI=1S/C17H26N2OS/c1-14(2)11-19-16(20)3-5-17(19)6-8-18(9-7-17)12-15-4-10-21-13-15/h4,10,13-14H,3,5-9,11-12H2,1-2H3. The molecule has 3 heterocycles. The summed E-state index contributed by atoms with van der Waals surface area (Å²) in [5.74, 6) is 0.947. The van der Waals surface area contributed by atoms with Crippen LogP contribution in [0, 0.1) is 5.92 Å². The lowest BCUT2D eigenvalue weighted by atomic mass is 9.84. The van der Waals surface area contributed by atoms with E-state index in [1.54, 1.807) is 11.3 Å². The van der Waals surface area contributed by atoms with Crippen LogP contribution in [0.4, 0.5) is 0 Å². The molecule has 1 spiro atoms. The normalized spacial score (nSPS) is 22.6. The Labute approximate surface area is 131 Å². The highest BCUT2D eigenvalue weighted by atomic mass is 32.1. The quantitative estimate of drug-likeness (QED) is 0.851. The summed E-state index contributed by atoms with van der Waals surface area (Å²) in [5.41, 5.74) is 1.60. The van der Waals surface area contributed by atoms with Crippen LogP contribution in [-0.4, -0.2) is 40.9 Å². The fraction of sp³-hybridized carbons (Fsp3) is 0.706. The molecule has 0 aromatic carbocycles. The van der Waals surface area contributed by atoms with Crippen molar-refractivity contribution in [3.8, 4) is 0 Å². The molecule has 0 unspecified atom stereocenters. The number of nitrogens with zero attached hydrogens (tertiary/aromatic N) is 2. The van der Waals surface area contributed by atoms with Gasteiger partial charge in [0.2, 0.25) is 5.91 Å². The van der Waals surface area contributed by atoms with Gasteiger partial charge >= 0.3 is 0 Å². The van der Waals surface area contributed by atoms with Crippen molar-refractivity contribution < 1.29 is 4.79 Å². The van der Waals surface area contributed by atoms with Crippen LogP contribution in [0.15, 0.2) is 16.8 Å². The first-order valence-electron chi connectivity index (χ1n) is 8.13. The van der Waals surface area contributed by atoms with Crippen LogP contribution in [0.1, 0.15) is 45.1 Å². The molecule has 1 amide bonds. The first-order chi connectivity index (χ1) is 10.1. The Kier molecular flexibility index (Phi) is 4.36. The number of thiophene rings is 1. The molecule has 2 aliphatic heterocycles. The number of piperidine rings is 1. The van der Waals surface area contributed by atoms with E-state index in [1.165, 1.54) is 5.56 Å². The molecule has 4 heteroatoms. The summed E-state index contributed by atoms with van der Waals surface area (Å²) in [6, 6.07) is 2.22. The molecule has 21 heavy (non-hydrogen) atoms. The van der Waals surface area contributed by atoms with Gasteiger partial charge in [0.15, 0.2) is 0 Å². The third kappa shape index (κ3) is 3.16. The number of amides is 1. The predicted octanol–water partition coefficient (Wildman–Crippen LogP) is 3.36. The summed E-state index contributed by atoms with van der Waals surface area (Å²) >= 11 is 1.77. The second-order valence-corrected chi connectivity index (χ2v) is 7.81. The van der Waals surface area contributed by atoms with Crippen molar-refractivity contribution in [3.63, 3.8) is 0 Å². The van der Waals surface area contributed by atoms with Gasteiger partial charge in [-0.25, -0.2) is 0 Å². The molecule has 0 bridgehead atoms. The average Bonchev–Trinajstić information content (AvgIpc) is 3.05. The molecule has 0 N–H and O–H groups in total. The maximum Gasteiger partial charge on any atom is 0.223 e. The third-order valence-electron chi connectivity index (χ3n) is 5.00. The van der Waals surface area contributed by atoms with Crippen molar-refractivity contribution >= 4 is 17.2 Å². The lowest BCUT2D eigenvalue weighted by Gasteiger charge is -2.45. The van der Waals surface area contributed by atoms with Gasteiger partial charge in [0, 0.05) is 38.1 Å². The molecule has 2 fully saturated rings. The Morgan fingerprint density at radius 1 is 1.29 bits per heavy atom. The van der Waals surface area contributed by atoms with E-state index in [9.17, 15) is 4.79 Å². The van der Waals surface area contributed by atoms with E-state index in [4.69, 9.17) is 0 Å². The van der Waals surface area contributed by atoms with E-state index in [1.807, 2.05) is 0 Å². The van der Waals surface area contributed by atoms with Gasteiger partial charge in [0.05, 0.1) is 0 Å². The molecule has 3 nitrogen and oxygen atoms in total. The summed E-state index contributed by atoms with van der Waals surface area (Å²) in [7, 11) is 0. The number of rotatable bonds is 4. The molecule has 1 aromatic rings. The Bertz CT molecular complexity index is 475. The monoisotopic (exact) mass is 306 g/mol. The van der Waals surface area contributed by atoms with Gasteiger partial charge in [-0.2, -0.15) is 11.3 Å².